The second kappa shape index (κ2) is 4.68. The van der Waals surface area contributed by atoms with Crippen LogP contribution in [0.4, 0.5) is 0 Å². The Morgan fingerprint density at radius 2 is 2.00 bits per heavy atom. The van der Waals surface area contributed by atoms with Crippen LogP contribution in [0.5, 0.6) is 0 Å². The number of ketones is 1. The van der Waals surface area contributed by atoms with Gasteiger partial charge in [-0.2, -0.15) is 0 Å². The Balaban J connectivity index is 4.31. The van der Waals surface area contributed by atoms with E-state index < -0.39 is 16.8 Å². The van der Waals surface area contributed by atoms with Gasteiger partial charge in [0.25, 0.3) is 0 Å². The normalized spacial score (nSPS) is 12.0. The van der Waals surface area contributed by atoms with Crippen LogP contribution in [0.25, 0.3) is 0 Å². The summed E-state index contributed by atoms with van der Waals surface area (Å²) < 4.78 is 0. The Labute approximate surface area is 69.0 Å². The Kier molecular flexibility index (Phi) is 4.22. The van der Waals surface area contributed by atoms with Crippen LogP contribution in [0.3, 0.4) is 0 Å². The minimum absolute atomic E-state index is 0.431. The van der Waals surface area contributed by atoms with Gasteiger partial charge in [-0.05, 0) is 13.0 Å². The van der Waals surface area contributed by atoms with Gasteiger partial charge in [0.15, 0.2) is 5.78 Å². The van der Waals surface area contributed by atoms with E-state index in [1.165, 1.54) is 12.2 Å². The summed E-state index contributed by atoms with van der Waals surface area (Å²) in [6.45, 7) is 1.65. The van der Waals surface area contributed by atoms with Gasteiger partial charge < -0.3 is 5.11 Å². The van der Waals surface area contributed by atoms with Crippen molar-refractivity contribution >= 4 is 23.4 Å². The fourth-order valence-corrected chi connectivity index (χ4v) is 0.507. The molecule has 3 nitrogen and oxygen atoms in total. The second-order valence-electron chi connectivity index (χ2n) is 1.70. The van der Waals surface area contributed by atoms with Crippen molar-refractivity contribution in [3.8, 4) is 0 Å². The Morgan fingerprint density at radius 3 is 2.36 bits per heavy atom. The first-order valence-electron chi connectivity index (χ1n) is 2.85. The van der Waals surface area contributed by atoms with Crippen LogP contribution in [0, 0.1) is 0 Å². The quantitative estimate of drug-likeness (QED) is 0.657. The molecule has 0 aliphatic heterocycles. The number of carbonyl (C=O) groups excluding carboxylic acids is 1. The Morgan fingerprint density at radius 1 is 1.45 bits per heavy atom. The molecular formula is C7H7ClO3. The molecule has 0 heterocycles. The van der Waals surface area contributed by atoms with Crippen LogP contribution in [-0.4, -0.2) is 16.9 Å². The molecule has 0 spiro atoms. The van der Waals surface area contributed by atoms with E-state index in [1.807, 2.05) is 0 Å². The summed E-state index contributed by atoms with van der Waals surface area (Å²) >= 11 is 5.15. The number of carboxylic acids is 1. The number of carboxylic acid groups (broad SMARTS) is 1. The number of allylic oxidation sites excluding steroid dienone is 3. The molecule has 1 N–H and O–H groups in total. The zero-order valence-electron chi connectivity index (χ0n) is 5.87. The summed E-state index contributed by atoms with van der Waals surface area (Å²) in [6, 6.07) is 0. The summed E-state index contributed by atoms with van der Waals surface area (Å²) in [6.07, 6.45) is 3.58. The standard InChI is InChI=1S/C7H7ClO3/c1-2-3-5(9)4-6(8)7(10)11/h2-4H,1H3,(H,10,11)/b3-2+,6-4?. The highest BCUT2D eigenvalue weighted by molar-refractivity contribution is 6.42. The highest BCUT2D eigenvalue weighted by Crippen LogP contribution is 2.00. The van der Waals surface area contributed by atoms with Gasteiger partial charge in [0, 0.05) is 6.08 Å². The smallest absolute Gasteiger partial charge is 0.347 e. The lowest BCUT2D eigenvalue weighted by molar-refractivity contribution is -0.132. The van der Waals surface area contributed by atoms with Crippen LogP contribution in [0.15, 0.2) is 23.3 Å². The average molecular weight is 175 g/mol. The van der Waals surface area contributed by atoms with E-state index in [-0.39, 0.29) is 0 Å². The molecule has 0 aromatic carbocycles. The van der Waals surface area contributed by atoms with Gasteiger partial charge in [0.1, 0.15) is 5.03 Å². The van der Waals surface area contributed by atoms with E-state index in [9.17, 15) is 9.59 Å². The van der Waals surface area contributed by atoms with E-state index in [0.29, 0.717) is 0 Å². The second-order valence-corrected chi connectivity index (χ2v) is 2.11. The lowest BCUT2D eigenvalue weighted by Crippen LogP contribution is -1.97. The fourth-order valence-electron chi connectivity index (χ4n) is 0.399. The summed E-state index contributed by atoms with van der Waals surface area (Å²) in [5.74, 6) is -1.73. The van der Waals surface area contributed by atoms with Crippen molar-refractivity contribution in [2.45, 2.75) is 6.92 Å². The van der Waals surface area contributed by atoms with Crippen LogP contribution < -0.4 is 0 Å². The van der Waals surface area contributed by atoms with Gasteiger partial charge >= 0.3 is 5.97 Å². The first-order chi connectivity index (χ1) is 5.07. The fraction of sp³-hybridized carbons (Fsp3) is 0.143. The van der Waals surface area contributed by atoms with Crippen LogP contribution in [0.1, 0.15) is 6.92 Å². The first kappa shape index (κ1) is 9.91. The SMILES string of the molecule is C/C=C/C(=O)C=C(Cl)C(=O)O. The topological polar surface area (TPSA) is 54.4 Å². The maximum atomic E-state index is 10.6. The number of carbonyl (C=O) groups is 2. The van der Waals surface area contributed by atoms with Crippen molar-refractivity contribution in [3.05, 3.63) is 23.3 Å². The summed E-state index contributed by atoms with van der Waals surface area (Å²) in [4.78, 5) is 20.7. The highest BCUT2D eigenvalue weighted by atomic mass is 35.5. The van der Waals surface area contributed by atoms with E-state index in [4.69, 9.17) is 16.7 Å². The summed E-state index contributed by atoms with van der Waals surface area (Å²) in [7, 11) is 0. The van der Waals surface area contributed by atoms with E-state index in [1.54, 1.807) is 6.92 Å². The molecule has 0 aliphatic rings. The average Bonchev–Trinajstić information content (AvgIpc) is 1.87. The van der Waals surface area contributed by atoms with Crippen LogP contribution in [-0.2, 0) is 9.59 Å². The molecule has 0 saturated carbocycles. The molecule has 0 aromatic heterocycles. The molecule has 0 unspecified atom stereocenters. The molecule has 60 valence electrons. The van der Waals surface area contributed by atoms with Gasteiger partial charge in [-0.15, -0.1) is 0 Å². The number of aliphatic carboxylic acids is 1. The number of halogens is 1. The highest BCUT2D eigenvalue weighted by Gasteiger charge is 2.03. The molecule has 0 fully saturated rings. The minimum Gasteiger partial charge on any atom is -0.477 e. The third-order valence-corrected chi connectivity index (χ3v) is 1.08. The largest absolute Gasteiger partial charge is 0.477 e. The van der Waals surface area contributed by atoms with E-state index >= 15 is 0 Å². The molecule has 0 aliphatic carbocycles. The first-order valence-corrected chi connectivity index (χ1v) is 3.23. The molecule has 0 bridgehead atoms. The number of hydrogen-bond donors (Lipinski definition) is 1. The molecular weight excluding hydrogens is 168 g/mol. The maximum absolute atomic E-state index is 10.6. The van der Waals surface area contributed by atoms with Crippen molar-refractivity contribution in [1.82, 2.24) is 0 Å². The zero-order valence-corrected chi connectivity index (χ0v) is 6.63. The van der Waals surface area contributed by atoms with Gasteiger partial charge in [0.05, 0.1) is 0 Å². The molecule has 0 saturated heterocycles. The zero-order chi connectivity index (χ0) is 8.85. The van der Waals surface area contributed by atoms with Crippen molar-refractivity contribution in [3.63, 3.8) is 0 Å². The van der Waals surface area contributed by atoms with Crippen molar-refractivity contribution in [1.29, 1.82) is 0 Å². The molecule has 0 radical (unpaired) electrons. The molecule has 11 heavy (non-hydrogen) atoms. The molecule has 0 aromatic rings. The van der Waals surface area contributed by atoms with Crippen LogP contribution >= 0.6 is 11.6 Å². The molecule has 0 rings (SSSR count). The maximum Gasteiger partial charge on any atom is 0.347 e. The third kappa shape index (κ3) is 4.33. The van der Waals surface area contributed by atoms with E-state index in [2.05, 4.69) is 0 Å². The van der Waals surface area contributed by atoms with Crippen molar-refractivity contribution < 1.29 is 14.7 Å². The summed E-state index contributed by atoms with van der Waals surface area (Å²) in [5, 5.41) is 7.74. The van der Waals surface area contributed by atoms with Gasteiger partial charge in [0.2, 0.25) is 0 Å². The van der Waals surface area contributed by atoms with Gasteiger partial charge in [-0.25, -0.2) is 4.79 Å². The number of hydrogen-bond acceptors (Lipinski definition) is 2. The molecule has 0 amide bonds. The predicted octanol–water partition coefficient (Wildman–Crippen LogP) is 1.34. The minimum atomic E-state index is -1.30. The third-order valence-electron chi connectivity index (χ3n) is 0.804. The van der Waals surface area contributed by atoms with Crippen molar-refractivity contribution in [2.75, 3.05) is 0 Å². The predicted molar refractivity (Wildman–Crippen MR) is 41.4 cm³/mol. The lowest BCUT2D eigenvalue weighted by atomic mass is 10.3. The Bertz CT molecular complexity index is 228. The molecule has 4 heteroatoms. The number of rotatable bonds is 3. The van der Waals surface area contributed by atoms with Gasteiger partial charge in [-0.1, -0.05) is 17.7 Å². The Hall–Kier alpha value is -1.09. The van der Waals surface area contributed by atoms with E-state index in [0.717, 1.165) is 6.08 Å². The van der Waals surface area contributed by atoms with Gasteiger partial charge in [-0.3, -0.25) is 4.79 Å². The van der Waals surface area contributed by atoms with Crippen LogP contribution in [0.2, 0.25) is 0 Å². The monoisotopic (exact) mass is 174 g/mol. The van der Waals surface area contributed by atoms with Crippen molar-refractivity contribution in [2.24, 2.45) is 0 Å². The molecule has 0 atom stereocenters. The summed E-state index contributed by atoms with van der Waals surface area (Å²) in [5.41, 5.74) is 0. The lowest BCUT2D eigenvalue weighted by Gasteiger charge is -1.85.